The minimum atomic E-state index is -0.101. The normalized spacial score (nSPS) is 10.6. The van der Waals surface area contributed by atoms with Gasteiger partial charge >= 0.3 is 0 Å². The van der Waals surface area contributed by atoms with Gasteiger partial charge < -0.3 is 10.6 Å². The first kappa shape index (κ1) is 15.9. The van der Waals surface area contributed by atoms with E-state index >= 15 is 0 Å². The first-order chi connectivity index (χ1) is 11.7. The van der Waals surface area contributed by atoms with Gasteiger partial charge in [0.25, 0.3) is 0 Å². The first-order valence-corrected chi connectivity index (χ1v) is 8.01. The molecular formula is C19H20N4O. The maximum atomic E-state index is 12.3. The Morgan fingerprint density at radius 1 is 1.08 bits per heavy atom. The van der Waals surface area contributed by atoms with Crippen molar-refractivity contribution in [1.29, 1.82) is 0 Å². The second kappa shape index (κ2) is 7.08. The van der Waals surface area contributed by atoms with E-state index in [0.717, 1.165) is 34.1 Å². The van der Waals surface area contributed by atoms with Crippen LogP contribution in [0.2, 0.25) is 0 Å². The highest BCUT2D eigenvalue weighted by atomic mass is 16.1. The fourth-order valence-electron chi connectivity index (χ4n) is 2.72. The minimum absolute atomic E-state index is 0.101. The third-order valence-electron chi connectivity index (χ3n) is 3.96. The predicted molar refractivity (Wildman–Crippen MR) is 97.2 cm³/mol. The van der Waals surface area contributed by atoms with Crippen LogP contribution in [0.5, 0.6) is 0 Å². The molecule has 0 radical (unpaired) electrons. The second-order valence-corrected chi connectivity index (χ2v) is 5.60. The van der Waals surface area contributed by atoms with Crippen LogP contribution in [-0.4, -0.2) is 22.4 Å². The van der Waals surface area contributed by atoms with Gasteiger partial charge in [0.1, 0.15) is 12.1 Å². The lowest BCUT2D eigenvalue weighted by molar-refractivity contribution is -0.114. The highest BCUT2D eigenvalue weighted by Gasteiger charge is 2.09. The summed E-state index contributed by atoms with van der Waals surface area (Å²) in [5.41, 5.74) is 3.92. The molecule has 24 heavy (non-hydrogen) atoms. The Kier molecular flexibility index (Phi) is 4.70. The summed E-state index contributed by atoms with van der Waals surface area (Å²) in [6, 6.07) is 13.7. The predicted octanol–water partition coefficient (Wildman–Crippen LogP) is 3.55. The van der Waals surface area contributed by atoms with Crippen LogP contribution in [0.25, 0.3) is 10.9 Å². The smallest absolute Gasteiger partial charge is 0.243 e. The first-order valence-electron chi connectivity index (χ1n) is 8.01. The fourth-order valence-corrected chi connectivity index (χ4v) is 2.72. The summed E-state index contributed by atoms with van der Waals surface area (Å²) in [4.78, 5) is 20.8. The summed E-state index contributed by atoms with van der Waals surface area (Å²) in [5.74, 6) is 0.577. The van der Waals surface area contributed by atoms with Crippen molar-refractivity contribution in [3.63, 3.8) is 0 Å². The lowest BCUT2D eigenvalue weighted by Crippen LogP contribution is -2.23. The zero-order valence-corrected chi connectivity index (χ0v) is 13.8. The largest absolute Gasteiger partial charge is 0.360 e. The quantitative estimate of drug-likeness (QED) is 0.754. The van der Waals surface area contributed by atoms with Gasteiger partial charge in [-0.1, -0.05) is 37.3 Å². The van der Waals surface area contributed by atoms with Gasteiger partial charge in [-0.3, -0.25) is 4.79 Å². The van der Waals surface area contributed by atoms with Crippen LogP contribution in [0.1, 0.15) is 18.1 Å². The zero-order valence-electron chi connectivity index (χ0n) is 13.8. The highest BCUT2D eigenvalue weighted by molar-refractivity contribution is 5.97. The number of benzene rings is 2. The molecule has 3 rings (SSSR count). The standard InChI is InChI=1S/C19H20N4O/c1-3-14-8-4-5-9-15(14)23-17(24)11-20-19-18-13(2)7-6-10-16(18)21-12-22-19/h4-10,12H,3,11H2,1-2H3,(H,23,24)(H,20,21,22). The molecule has 0 spiro atoms. The van der Waals surface area contributed by atoms with Crippen LogP contribution in [0, 0.1) is 6.92 Å². The van der Waals surface area contributed by atoms with E-state index in [1.807, 2.05) is 49.4 Å². The number of aromatic nitrogens is 2. The van der Waals surface area contributed by atoms with Gasteiger partial charge in [0.15, 0.2) is 0 Å². The fraction of sp³-hybridized carbons (Fsp3) is 0.211. The van der Waals surface area contributed by atoms with Gasteiger partial charge in [0.2, 0.25) is 5.91 Å². The molecular weight excluding hydrogens is 300 g/mol. The van der Waals surface area contributed by atoms with Gasteiger partial charge in [-0.25, -0.2) is 9.97 Å². The number of carbonyl (C=O) groups excluding carboxylic acids is 1. The van der Waals surface area contributed by atoms with E-state index in [4.69, 9.17) is 0 Å². The van der Waals surface area contributed by atoms with Crippen molar-refractivity contribution in [2.45, 2.75) is 20.3 Å². The summed E-state index contributed by atoms with van der Waals surface area (Å²) in [7, 11) is 0. The maximum Gasteiger partial charge on any atom is 0.243 e. The monoisotopic (exact) mass is 320 g/mol. The Hall–Kier alpha value is -2.95. The molecule has 0 aliphatic rings. The second-order valence-electron chi connectivity index (χ2n) is 5.60. The number of hydrogen-bond acceptors (Lipinski definition) is 4. The Labute approximate surface area is 141 Å². The number of para-hydroxylation sites is 1. The number of aryl methyl sites for hydroxylation is 2. The molecule has 2 aromatic carbocycles. The Bertz CT molecular complexity index is 871. The van der Waals surface area contributed by atoms with E-state index in [1.54, 1.807) is 0 Å². The third-order valence-corrected chi connectivity index (χ3v) is 3.96. The van der Waals surface area contributed by atoms with E-state index < -0.39 is 0 Å². The van der Waals surface area contributed by atoms with Crippen LogP contribution >= 0.6 is 0 Å². The molecule has 3 aromatic rings. The van der Waals surface area contributed by atoms with Crippen LogP contribution in [0.4, 0.5) is 11.5 Å². The average molecular weight is 320 g/mol. The molecule has 1 heterocycles. The zero-order chi connectivity index (χ0) is 16.9. The molecule has 0 atom stereocenters. The SMILES string of the molecule is CCc1ccccc1NC(=O)CNc1ncnc2cccc(C)c12. The average Bonchev–Trinajstić information content (AvgIpc) is 2.60. The molecule has 1 aromatic heterocycles. The Balaban J connectivity index is 1.73. The van der Waals surface area contributed by atoms with Crippen LogP contribution < -0.4 is 10.6 Å². The summed E-state index contributed by atoms with van der Waals surface area (Å²) in [5, 5.41) is 7.02. The Morgan fingerprint density at radius 2 is 1.92 bits per heavy atom. The lowest BCUT2D eigenvalue weighted by atomic mass is 10.1. The van der Waals surface area contributed by atoms with Crippen molar-refractivity contribution in [2.75, 3.05) is 17.2 Å². The van der Waals surface area contributed by atoms with E-state index in [2.05, 4.69) is 27.5 Å². The van der Waals surface area contributed by atoms with Crippen molar-refractivity contribution < 1.29 is 4.79 Å². The van der Waals surface area contributed by atoms with Gasteiger partial charge in [-0.2, -0.15) is 0 Å². The van der Waals surface area contributed by atoms with Gasteiger partial charge in [0.05, 0.1) is 12.1 Å². The molecule has 0 bridgehead atoms. The van der Waals surface area contributed by atoms with Crippen LogP contribution in [0.3, 0.4) is 0 Å². The van der Waals surface area contributed by atoms with E-state index in [1.165, 1.54) is 6.33 Å². The molecule has 0 aliphatic carbocycles. The topological polar surface area (TPSA) is 66.9 Å². The summed E-state index contributed by atoms with van der Waals surface area (Å²) in [6.45, 7) is 4.23. The molecule has 1 amide bonds. The molecule has 0 saturated carbocycles. The number of anilines is 2. The van der Waals surface area contributed by atoms with E-state index in [-0.39, 0.29) is 12.5 Å². The number of nitrogens with one attached hydrogen (secondary N) is 2. The molecule has 2 N–H and O–H groups in total. The Morgan fingerprint density at radius 3 is 2.75 bits per heavy atom. The molecule has 0 aliphatic heterocycles. The van der Waals surface area contributed by atoms with Crippen molar-refractivity contribution >= 4 is 28.3 Å². The highest BCUT2D eigenvalue weighted by Crippen LogP contribution is 2.22. The molecule has 0 fully saturated rings. The number of fused-ring (bicyclic) bond motifs is 1. The number of rotatable bonds is 5. The van der Waals surface area contributed by atoms with Gasteiger partial charge in [-0.05, 0) is 36.6 Å². The maximum absolute atomic E-state index is 12.3. The van der Waals surface area contributed by atoms with E-state index in [9.17, 15) is 4.79 Å². The molecule has 5 nitrogen and oxygen atoms in total. The van der Waals surface area contributed by atoms with Gasteiger partial charge in [-0.15, -0.1) is 0 Å². The van der Waals surface area contributed by atoms with Crippen molar-refractivity contribution in [1.82, 2.24) is 9.97 Å². The number of amides is 1. The summed E-state index contributed by atoms with van der Waals surface area (Å²) < 4.78 is 0. The van der Waals surface area contributed by atoms with Crippen LogP contribution in [-0.2, 0) is 11.2 Å². The number of hydrogen-bond donors (Lipinski definition) is 2. The lowest BCUT2D eigenvalue weighted by Gasteiger charge is -2.12. The molecule has 5 heteroatoms. The van der Waals surface area contributed by atoms with Crippen molar-refractivity contribution in [3.8, 4) is 0 Å². The number of carbonyl (C=O) groups is 1. The molecule has 122 valence electrons. The third kappa shape index (κ3) is 3.35. The van der Waals surface area contributed by atoms with Crippen LogP contribution in [0.15, 0.2) is 48.8 Å². The summed E-state index contributed by atoms with van der Waals surface area (Å²) >= 11 is 0. The van der Waals surface area contributed by atoms with Crippen molar-refractivity contribution in [3.05, 3.63) is 59.9 Å². The minimum Gasteiger partial charge on any atom is -0.360 e. The summed E-state index contributed by atoms with van der Waals surface area (Å²) in [6.07, 6.45) is 2.38. The van der Waals surface area contributed by atoms with Gasteiger partial charge in [0, 0.05) is 11.1 Å². The van der Waals surface area contributed by atoms with E-state index in [0.29, 0.717) is 5.82 Å². The number of nitrogens with zero attached hydrogens (tertiary/aromatic N) is 2. The molecule has 0 saturated heterocycles. The molecule has 0 unspecified atom stereocenters. The van der Waals surface area contributed by atoms with Crippen molar-refractivity contribution in [2.24, 2.45) is 0 Å².